The lowest BCUT2D eigenvalue weighted by Crippen LogP contribution is -2.60. The Bertz CT molecular complexity index is 4030. The first-order valence-electron chi connectivity index (χ1n) is 21.7. The van der Waals surface area contributed by atoms with Crippen molar-refractivity contribution in [1.29, 1.82) is 0 Å². The molecule has 0 N–H and O–H groups in total. The monoisotopic (exact) mass is 860 g/mol. The van der Waals surface area contributed by atoms with Gasteiger partial charge in [-0.15, -0.1) is 65.6 Å². The first kappa shape index (κ1) is 54.9. The van der Waals surface area contributed by atoms with Crippen molar-refractivity contribution in [1.82, 2.24) is 0 Å². The van der Waals surface area contributed by atoms with Crippen LogP contribution in [0.4, 0.5) is 0 Å². The number of benzene rings is 8. The van der Waals surface area contributed by atoms with E-state index in [4.69, 9.17) is 228 Å². The standard InChI is InChI=1S/C45HB29/c46-17-9(18(47)14-13(17)19(48)15(31(60)30(14)59)16-34(63)43(72)45(74)44(73)35(16)64)1-3-5(22(51)39(68)37(66)20(3)49)2(6-4(1)21(50)38(67)40(69)23(6)52)10-26(55)28(57)11(29(58)27(10)56)7-8-12(32(61)36(65)24(7)53)33(62)42(71)41(70)25(8)54/h9H. The molecule has 268 valence electrons. The molecule has 74 heavy (non-hydrogen) atoms. The summed E-state index contributed by atoms with van der Waals surface area (Å²) in [6, 6.07) is 0. The highest BCUT2D eigenvalue weighted by molar-refractivity contribution is 6.76. The summed E-state index contributed by atoms with van der Waals surface area (Å²) in [5, 5.41) is 0.374. The summed E-state index contributed by atoms with van der Waals surface area (Å²) in [7, 11) is 196. The zero-order chi connectivity index (χ0) is 55.0. The fourth-order valence-electron chi connectivity index (χ4n) is 10.6. The molecule has 0 spiro atoms. The van der Waals surface area contributed by atoms with Crippen LogP contribution < -0.4 is 158 Å². The van der Waals surface area contributed by atoms with E-state index in [2.05, 4.69) is 0 Å². The first-order chi connectivity index (χ1) is 34.4. The molecule has 1 aliphatic carbocycles. The summed E-state index contributed by atoms with van der Waals surface area (Å²) in [5.41, 5.74) is -4.27. The molecule has 0 bridgehead atoms. The minimum absolute atomic E-state index is 0.00281. The van der Waals surface area contributed by atoms with E-state index in [-0.39, 0.29) is 240 Å². The van der Waals surface area contributed by atoms with Crippen LogP contribution in [0.5, 0.6) is 0 Å². The summed E-state index contributed by atoms with van der Waals surface area (Å²) >= 11 is 0. The summed E-state index contributed by atoms with van der Waals surface area (Å²) < 4.78 is 0. The molecule has 29 heteroatoms. The largest absolute Gasteiger partial charge is 0.115 e. The highest BCUT2D eigenvalue weighted by Gasteiger charge is 2.34. The molecule has 8 aromatic carbocycles. The van der Waals surface area contributed by atoms with Gasteiger partial charge < -0.3 is 0 Å². The summed E-state index contributed by atoms with van der Waals surface area (Å²) in [4.78, 5) is 0. The van der Waals surface area contributed by atoms with E-state index in [1.807, 2.05) is 0 Å². The van der Waals surface area contributed by atoms with Crippen LogP contribution in [0.15, 0.2) is 0 Å². The maximum atomic E-state index is 7.27. The Morgan fingerprint density at radius 3 is 0.730 bits per heavy atom. The van der Waals surface area contributed by atoms with Gasteiger partial charge in [0.15, 0.2) is 0 Å². The molecule has 58 radical (unpaired) electrons. The lowest BCUT2D eigenvalue weighted by molar-refractivity contribution is 1.25. The maximum Gasteiger partial charge on any atom is 0.115 e. The lowest BCUT2D eigenvalue weighted by atomic mass is 9.55. The lowest BCUT2D eigenvalue weighted by Gasteiger charge is -2.34. The van der Waals surface area contributed by atoms with Crippen molar-refractivity contribution in [2.75, 3.05) is 0 Å². The third-order valence-electron chi connectivity index (χ3n) is 14.6. The van der Waals surface area contributed by atoms with Gasteiger partial charge in [0.2, 0.25) is 0 Å². The predicted octanol–water partition coefficient (Wildman–Crippen LogP) is -23.1. The van der Waals surface area contributed by atoms with Gasteiger partial charge in [0.1, 0.15) is 228 Å². The topological polar surface area (TPSA) is 0 Å². The molecule has 0 saturated carbocycles. The summed E-state index contributed by atoms with van der Waals surface area (Å²) in [6.45, 7) is 0. The highest BCUT2D eigenvalue weighted by Crippen LogP contribution is 2.42. The van der Waals surface area contributed by atoms with Crippen molar-refractivity contribution in [2.24, 2.45) is 0 Å². The van der Waals surface area contributed by atoms with Crippen molar-refractivity contribution in [2.45, 2.75) is 5.92 Å². The van der Waals surface area contributed by atoms with Crippen molar-refractivity contribution in [3.8, 4) is 33.4 Å². The van der Waals surface area contributed by atoms with E-state index in [1.165, 1.54) is 0 Å². The SMILES string of the molecule is [B]C1=c2c([B])c([B])c(-c3c([B])c([B])c([B])c([B])c3[B])c([B])c2=C([B])C1c1c2c([B])c([B])c([B])c([B])c2c(-c2c([B])c([B])c(-c3c([B])c([B])c([B])c4c([B])c([B])c([B])c([B])c34)c([B])c2[B])c2c([B])c([B])c([B])c([B])c12. The Hall–Kier alpha value is -3.84. The van der Waals surface area contributed by atoms with Crippen molar-refractivity contribution < 1.29 is 0 Å². The van der Waals surface area contributed by atoms with Crippen molar-refractivity contribution in [3.63, 3.8) is 0 Å². The Morgan fingerprint density at radius 2 is 0.351 bits per heavy atom. The molecule has 0 aliphatic heterocycles. The molecule has 0 nitrogen and oxygen atoms in total. The average Bonchev–Trinajstić information content (AvgIpc) is 3.63. The Labute approximate surface area is 470 Å². The first-order valence-corrected chi connectivity index (χ1v) is 21.7. The average molecular weight is 855 g/mol. The van der Waals surface area contributed by atoms with Gasteiger partial charge in [-0.3, -0.25) is 0 Å². The molecule has 0 heterocycles. The van der Waals surface area contributed by atoms with E-state index < -0.39 is 5.92 Å². The molecule has 1 aliphatic rings. The zero-order valence-corrected chi connectivity index (χ0v) is 39.3. The number of fused-ring (bicyclic) bond motifs is 4. The minimum atomic E-state index is -1.33. The molecule has 9 rings (SSSR count). The van der Waals surface area contributed by atoms with Crippen molar-refractivity contribution in [3.05, 3.63) is 16.0 Å². The molecule has 0 aromatic heterocycles. The van der Waals surface area contributed by atoms with Crippen LogP contribution in [0.1, 0.15) is 11.5 Å². The molecular formula is C45HB29. The van der Waals surface area contributed by atoms with Gasteiger partial charge in [-0.1, -0.05) is 92.9 Å². The molecule has 1 atom stereocenters. The second-order valence-corrected chi connectivity index (χ2v) is 18.2. The molecule has 0 fully saturated rings. The summed E-state index contributed by atoms with van der Waals surface area (Å²) in [6.07, 6.45) is 0. The van der Waals surface area contributed by atoms with Gasteiger partial charge in [0.05, 0.1) is 0 Å². The van der Waals surface area contributed by atoms with Crippen LogP contribution in [0.2, 0.25) is 0 Å². The predicted molar refractivity (Wildman–Crippen MR) is 348 cm³/mol. The van der Waals surface area contributed by atoms with E-state index in [0.717, 1.165) is 0 Å². The fourth-order valence-corrected chi connectivity index (χ4v) is 10.6. The van der Waals surface area contributed by atoms with Gasteiger partial charge in [-0.2, -0.15) is 0 Å². The van der Waals surface area contributed by atoms with Crippen LogP contribution in [0, 0.1) is 0 Å². The van der Waals surface area contributed by atoms with Crippen LogP contribution in [0.3, 0.4) is 0 Å². The van der Waals surface area contributed by atoms with Gasteiger partial charge in [-0.25, -0.2) is 0 Å². The van der Waals surface area contributed by atoms with Gasteiger partial charge in [-0.05, 0) is 81.7 Å². The van der Waals surface area contributed by atoms with Crippen LogP contribution in [-0.4, -0.2) is 228 Å². The number of hydrogen-bond donors (Lipinski definition) is 0. The second kappa shape index (κ2) is 18.7. The molecular weight excluding hydrogens is 854 g/mol. The Balaban J connectivity index is 1.50. The molecule has 0 saturated heterocycles. The normalized spacial score (nSPS) is 13.4. The van der Waals surface area contributed by atoms with E-state index in [0.29, 0.717) is 0 Å². The Kier molecular flexibility index (Phi) is 13.9. The van der Waals surface area contributed by atoms with Crippen LogP contribution >= 0.6 is 0 Å². The van der Waals surface area contributed by atoms with E-state index in [9.17, 15) is 0 Å². The molecule has 1 unspecified atom stereocenters. The number of rotatable bonds is 4. The zero-order valence-electron chi connectivity index (χ0n) is 39.3. The minimum Gasteiger partial charge on any atom is -0.112 e. The van der Waals surface area contributed by atoms with Crippen LogP contribution in [-0.2, 0) is 0 Å². The van der Waals surface area contributed by atoms with Gasteiger partial charge in [0, 0.05) is 5.92 Å². The second-order valence-electron chi connectivity index (χ2n) is 18.2. The van der Waals surface area contributed by atoms with E-state index >= 15 is 0 Å². The third-order valence-corrected chi connectivity index (χ3v) is 14.6. The Morgan fingerprint density at radius 1 is 0.149 bits per heavy atom. The van der Waals surface area contributed by atoms with Gasteiger partial charge >= 0.3 is 0 Å². The summed E-state index contributed by atoms with van der Waals surface area (Å²) in [5.74, 6) is -1.33. The van der Waals surface area contributed by atoms with E-state index in [1.54, 1.807) is 0 Å². The third kappa shape index (κ3) is 7.10. The van der Waals surface area contributed by atoms with Crippen molar-refractivity contribution >= 4 is 418 Å². The highest BCUT2D eigenvalue weighted by atomic mass is 14.3. The van der Waals surface area contributed by atoms with Gasteiger partial charge in [0.25, 0.3) is 0 Å². The van der Waals surface area contributed by atoms with Crippen LogP contribution in [0.25, 0.3) is 76.6 Å². The number of hydrogen-bond acceptors (Lipinski definition) is 0. The molecule has 0 amide bonds. The molecule has 8 aromatic rings. The fraction of sp³-hybridized carbons (Fsp3) is 0.0222. The smallest absolute Gasteiger partial charge is 0.112 e. The maximum absolute atomic E-state index is 7.27. The quantitative estimate of drug-likeness (QED) is 0.122.